The molecule has 0 aliphatic heterocycles. The average molecular weight is 303 g/mol. The quantitative estimate of drug-likeness (QED) is 0.831. The Labute approximate surface area is 119 Å². The van der Waals surface area contributed by atoms with Gasteiger partial charge >= 0.3 is 0 Å². The molecule has 0 fully saturated rings. The van der Waals surface area contributed by atoms with Crippen molar-refractivity contribution in [2.75, 3.05) is 0 Å². The topological polar surface area (TPSA) is 67.6 Å². The predicted octanol–water partition coefficient (Wildman–Crippen LogP) is 3.40. The van der Waals surface area contributed by atoms with Gasteiger partial charge in [-0.05, 0) is 25.5 Å². The Bertz CT molecular complexity index is 511. The van der Waals surface area contributed by atoms with Gasteiger partial charge in [0.2, 0.25) is 5.16 Å². The van der Waals surface area contributed by atoms with Gasteiger partial charge in [0.15, 0.2) is 0 Å². The Balaban J connectivity index is 2.20. The molecule has 0 aliphatic rings. The number of aryl methyl sites for hydroxylation is 1. The number of hydrogen-bond donors (Lipinski definition) is 2. The van der Waals surface area contributed by atoms with Gasteiger partial charge in [-0.2, -0.15) is 0 Å². The zero-order valence-corrected chi connectivity index (χ0v) is 12.6. The molecule has 2 unspecified atom stereocenters. The molecule has 0 saturated carbocycles. The number of hydrogen-bond acceptors (Lipinski definition) is 5. The second-order valence-electron chi connectivity index (χ2n) is 3.96. The summed E-state index contributed by atoms with van der Waals surface area (Å²) in [5.74, 6) is 0.811. The number of thiophene rings is 1. The zero-order valence-electron chi connectivity index (χ0n) is 10.2. The van der Waals surface area contributed by atoms with Crippen LogP contribution < -0.4 is 5.73 Å². The van der Waals surface area contributed by atoms with E-state index in [1.807, 2.05) is 19.1 Å². The maximum absolute atomic E-state index is 6.19. The number of aromatic amines is 1. The summed E-state index contributed by atoms with van der Waals surface area (Å²) in [7, 11) is 0. The first-order chi connectivity index (χ1) is 8.60. The van der Waals surface area contributed by atoms with E-state index in [0.29, 0.717) is 0 Å². The van der Waals surface area contributed by atoms with Crippen molar-refractivity contribution in [3.63, 3.8) is 0 Å². The van der Waals surface area contributed by atoms with Crippen molar-refractivity contribution in [3.05, 3.63) is 27.2 Å². The van der Waals surface area contributed by atoms with Crippen molar-refractivity contribution in [1.29, 1.82) is 0 Å². The van der Waals surface area contributed by atoms with Gasteiger partial charge in [0.1, 0.15) is 5.82 Å². The maximum atomic E-state index is 6.19. The SMILES string of the molecule is CCC(N)C(Sc1n[nH]c(C)n1)c1ccc(Cl)s1. The van der Waals surface area contributed by atoms with Crippen LogP contribution >= 0.6 is 34.7 Å². The number of H-pyrrole nitrogens is 1. The second-order valence-corrected chi connectivity index (χ2v) is 6.81. The molecule has 0 radical (unpaired) electrons. The number of thioether (sulfide) groups is 1. The molecule has 3 N–H and O–H groups in total. The zero-order chi connectivity index (χ0) is 13.1. The number of halogens is 1. The lowest BCUT2D eigenvalue weighted by Gasteiger charge is -2.19. The minimum absolute atomic E-state index is 0.0588. The smallest absolute Gasteiger partial charge is 0.209 e. The highest BCUT2D eigenvalue weighted by molar-refractivity contribution is 7.99. The molecular weight excluding hydrogens is 288 g/mol. The predicted molar refractivity (Wildman–Crippen MR) is 77.3 cm³/mol. The largest absolute Gasteiger partial charge is 0.326 e. The van der Waals surface area contributed by atoms with Crippen molar-refractivity contribution < 1.29 is 0 Å². The first-order valence-electron chi connectivity index (χ1n) is 5.66. The van der Waals surface area contributed by atoms with Gasteiger partial charge in [-0.1, -0.05) is 30.3 Å². The Morgan fingerprint density at radius 2 is 2.33 bits per heavy atom. The lowest BCUT2D eigenvalue weighted by molar-refractivity contribution is 0.638. The molecule has 0 saturated heterocycles. The second kappa shape index (κ2) is 6.06. The normalized spacial score (nSPS) is 14.7. The number of rotatable bonds is 5. The Morgan fingerprint density at radius 3 is 2.83 bits per heavy atom. The van der Waals surface area contributed by atoms with Crippen LogP contribution in [0.5, 0.6) is 0 Å². The molecule has 0 spiro atoms. The number of nitrogens with one attached hydrogen (secondary N) is 1. The molecule has 2 aromatic rings. The summed E-state index contributed by atoms with van der Waals surface area (Å²) in [5.41, 5.74) is 6.19. The van der Waals surface area contributed by atoms with Crippen LogP contribution in [0, 0.1) is 6.92 Å². The van der Waals surface area contributed by atoms with E-state index in [0.717, 1.165) is 21.7 Å². The molecule has 4 nitrogen and oxygen atoms in total. The molecule has 18 heavy (non-hydrogen) atoms. The fourth-order valence-electron chi connectivity index (χ4n) is 1.54. The van der Waals surface area contributed by atoms with Gasteiger partial charge in [-0.3, -0.25) is 5.10 Å². The third kappa shape index (κ3) is 3.26. The van der Waals surface area contributed by atoms with E-state index in [9.17, 15) is 0 Å². The number of aromatic nitrogens is 3. The van der Waals surface area contributed by atoms with Crippen molar-refractivity contribution in [2.24, 2.45) is 5.73 Å². The molecule has 2 rings (SSSR count). The molecule has 2 heterocycles. The summed E-state index contributed by atoms with van der Waals surface area (Å²) in [5, 5.41) is 7.86. The summed E-state index contributed by atoms with van der Waals surface area (Å²) in [6, 6.07) is 3.99. The molecule has 0 bridgehead atoms. The fourth-order valence-corrected chi connectivity index (χ4v) is 4.02. The lowest BCUT2D eigenvalue weighted by Crippen LogP contribution is -2.25. The van der Waals surface area contributed by atoms with Crippen LogP contribution in [0.2, 0.25) is 4.34 Å². The van der Waals surface area contributed by atoms with Crippen LogP contribution in [-0.4, -0.2) is 21.2 Å². The van der Waals surface area contributed by atoms with Gasteiger partial charge in [-0.25, -0.2) is 4.98 Å². The van der Waals surface area contributed by atoms with E-state index in [-0.39, 0.29) is 11.3 Å². The first-order valence-corrected chi connectivity index (χ1v) is 7.74. The van der Waals surface area contributed by atoms with E-state index >= 15 is 0 Å². The molecule has 2 aromatic heterocycles. The molecule has 0 amide bonds. The molecule has 2 atom stereocenters. The van der Waals surface area contributed by atoms with Crippen molar-refractivity contribution in [2.45, 2.75) is 36.7 Å². The van der Waals surface area contributed by atoms with Crippen molar-refractivity contribution in [3.8, 4) is 0 Å². The summed E-state index contributed by atoms with van der Waals surface area (Å²) >= 11 is 9.14. The summed E-state index contributed by atoms with van der Waals surface area (Å²) in [6.07, 6.45) is 0.899. The highest BCUT2D eigenvalue weighted by Crippen LogP contribution is 2.40. The van der Waals surface area contributed by atoms with E-state index in [2.05, 4.69) is 22.1 Å². The summed E-state index contributed by atoms with van der Waals surface area (Å²) in [4.78, 5) is 5.48. The molecule has 0 aromatic carbocycles. The van der Waals surface area contributed by atoms with Crippen LogP contribution in [0.1, 0.15) is 29.3 Å². The number of nitrogens with two attached hydrogens (primary N) is 1. The standard InChI is InChI=1S/C11H15ClN4S2/c1-3-7(13)10(8-4-5-9(12)17-8)18-11-14-6(2)15-16-11/h4-5,7,10H,3,13H2,1-2H3,(H,14,15,16). The average Bonchev–Trinajstić information content (AvgIpc) is 2.94. The van der Waals surface area contributed by atoms with Gasteiger partial charge < -0.3 is 5.73 Å². The highest BCUT2D eigenvalue weighted by Gasteiger charge is 2.23. The monoisotopic (exact) mass is 302 g/mol. The lowest BCUT2D eigenvalue weighted by atomic mass is 10.1. The fraction of sp³-hybridized carbons (Fsp3) is 0.455. The Hall–Kier alpha value is -0.560. The minimum Gasteiger partial charge on any atom is -0.326 e. The molecular formula is C11H15ClN4S2. The molecule has 7 heteroatoms. The van der Waals surface area contributed by atoms with Gasteiger partial charge in [0, 0.05) is 10.9 Å². The van der Waals surface area contributed by atoms with Crippen LogP contribution in [-0.2, 0) is 0 Å². The van der Waals surface area contributed by atoms with Gasteiger partial charge in [-0.15, -0.1) is 16.4 Å². The van der Waals surface area contributed by atoms with Crippen LogP contribution in [0.3, 0.4) is 0 Å². The van der Waals surface area contributed by atoms with E-state index in [1.54, 1.807) is 23.1 Å². The van der Waals surface area contributed by atoms with E-state index < -0.39 is 0 Å². The molecule has 98 valence electrons. The molecule has 0 aliphatic carbocycles. The van der Waals surface area contributed by atoms with E-state index in [1.165, 1.54) is 4.88 Å². The highest BCUT2D eigenvalue weighted by atomic mass is 35.5. The van der Waals surface area contributed by atoms with Crippen LogP contribution in [0.15, 0.2) is 17.3 Å². The minimum atomic E-state index is 0.0588. The summed E-state index contributed by atoms with van der Waals surface area (Å²) in [6.45, 7) is 3.96. The third-order valence-corrected chi connectivity index (χ3v) is 5.26. The maximum Gasteiger partial charge on any atom is 0.209 e. The van der Waals surface area contributed by atoms with Gasteiger partial charge in [0.25, 0.3) is 0 Å². The Kier molecular flexibility index (Phi) is 4.66. The van der Waals surface area contributed by atoms with Crippen LogP contribution in [0.4, 0.5) is 0 Å². The third-order valence-electron chi connectivity index (χ3n) is 2.54. The van der Waals surface area contributed by atoms with Gasteiger partial charge in [0.05, 0.1) is 9.59 Å². The van der Waals surface area contributed by atoms with Crippen LogP contribution in [0.25, 0.3) is 0 Å². The van der Waals surface area contributed by atoms with E-state index in [4.69, 9.17) is 17.3 Å². The van der Waals surface area contributed by atoms with Crippen molar-refractivity contribution in [1.82, 2.24) is 15.2 Å². The van der Waals surface area contributed by atoms with Crippen molar-refractivity contribution >= 4 is 34.7 Å². The first kappa shape index (κ1) is 13.9. The summed E-state index contributed by atoms with van der Waals surface area (Å²) < 4.78 is 0.782. The number of nitrogens with zero attached hydrogens (tertiary/aromatic N) is 2. The Morgan fingerprint density at radius 1 is 1.56 bits per heavy atom.